The number of thiazole rings is 1. The Labute approximate surface area is 177 Å². The van der Waals surface area contributed by atoms with Gasteiger partial charge in [-0.3, -0.25) is 4.79 Å². The molecule has 1 aromatic heterocycles. The first-order valence-electron chi connectivity index (χ1n) is 8.55. The van der Waals surface area contributed by atoms with Gasteiger partial charge >= 0.3 is 0 Å². The smallest absolute Gasteiger partial charge is 0.279 e. The molecule has 0 unspecified atom stereocenters. The van der Waals surface area contributed by atoms with Gasteiger partial charge in [0, 0.05) is 22.9 Å². The zero-order valence-corrected chi connectivity index (χ0v) is 18.6. The predicted octanol–water partition coefficient (Wildman–Crippen LogP) is 4.25. The molecule has 0 bridgehead atoms. The number of benzene rings is 2. The van der Waals surface area contributed by atoms with E-state index >= 15 is 0 Å². The van der Waals surface area contributed by atoms with E-state index in [9.17, 15) is 13.2 Å². The van der Waals surface area contributed by atoms with E-state index in [1.54, 1.807) is 30.8 Å². The summed E-state index contributed by atoms with van der Waals surface area (Å²) in [7, 11) is -3.39. The minimum atomic E-state index is -3.39. The van der Waals surface area contributed by atoms with Gasteiger partial charge in [0.1, 0.15) is 0 Å². The first-order valence-corrected chi connectivity index (χ1v) is 12.8. The maximum Gasteiger partial charge on any atom is 0.279 e. The number of aromatic nitrogens is 1. The fraction of sp³-hybridized carbons (Fsp3) is 0.263. The van der Waals surface area contributed by atoms with E-state index in [2.05, 4.69) is 4.99 Å². The van der Waals surface area contributed by atoms with Crippen molar-refractivity contribution in [2.24, 2.45) is 4.99 Å². The van der Waals surface area contributed by atoms with Crippen molar-refractivity contribution >= 4 is 60.7 Å². The van der Waals surface area contributed by atoms with Crippen LogP contribution in [0.4, 0.5) is 0 Å². The second-order valence-corrected chi connectivity index (χ2v) is 10.7. The molecule has 148 valence electrons. The summed E-state index contributed by atoms with van der Waals surface area (Å²) in [6.45, 7) is 2.28. The number of amides is 1. The van der Waals surface area contributed by atoms with Crippen LogP contribution in [0.1, 0.15) is 17.3 Å². The van der Waals surface area contributed by atoms with E-state index < -0.39 is 15.7 Å². The van der Waals surface area contributed by atoms with Crippen LogP contribution in [-0.4, -0.2) is 36.7 Å². The molecule has 0 fully saturated rings. The molecule has 0 saturated carbocycles. The number of rotatable bonds is 6. The molecule has 3 rings (SSSR count). The number of nitrogens with zero attached hydrogens (tertiary/aromatic N) is 2. The van der Waals surface area contributed by atoms with Gasteiger partial charge in [0.25, 0.3) is 5.91 Å². The van der Waals surface area contributed by atoms with Crippen LogP contribution >= 0.6 is 34.7 Å². The predicted molar refractivity (Wildman–Crippen MR) is 117 cm³/mol. The maximum absolute atomic E-state index is 12.8. The summed E-state index contributed by atoms with van der Waals surface area (Å²) >= 11 is 9.20. The van der Waals surface area contributed by atoms with E-state index in [4.69, 9.17) is 11.6 Å². The zero-order chi connectivity index (χ0) is 20.3. The molecule has 9 heteroatoms. The highest BCUT2D eigenvalue weighted by Gasteiger charge is 2.15. The Morgan fingerprint density at radius 3 is 2.75 bits per heavy atom. The van der Waals surface area contributed by atoms with E-state index in [1.807, 2.05) is 29.0 Å². The van der Waals surface area contributed by atoms with Crippen molar-refractivity contribution in [2.45, 2.75) is 18.4 Å². The molecule has 0 atom stereocenters. The van der Waals surface area contributed by atoms with Gasteiger partial charge in [0.2, 0.25) is 0 Å². The van der Waals surface area contributed by atoms with Crippen LogP contribution in [0.15, 0.2) is 52.4 Å². The summed E-state index contributed by atoms with van der Waals surface area (Å²) in [5, 5.41) is 0.626. The molecule has 0 spiro atoms. The lowest BCUT2D eigenvalue weighted by Gasteiger charge is -2.04. The van der Waals surface area contributed by atoms with Gasteiger partial charge in [0.05, 0.1) is 20.9 Å². The number of fused-ring (bicyclic) bond motifs is 1. The van der Waals surface area contributed by atoms with Gasteiger partial charge in [-0.05, 0) is 42.7 Å². The number of aryl methyl sites for hydroxylation is 1. The van der Waals surface area contributed by atoms with Gasteiger partial charge in [-0.25, -0.2) is 8.42 Å². The molecule has 3 aromatic rings. The maximum atomic E-state index is 12.8. The first kappa shape index (κ1) is 21.1. The van der Waals surface area contributed by atoms with Crippen molar-refractivity contribution in [3.05, 3.63) is 57.9 Å². The van der Waals surface area contributed by atoms with Crippen molar-refractivity contribution in [3.8, 4) is 0 Å². The van der Waals surface area contributed by atoms with Crippen LogP contribution in [-0.2, 0) is 16.4 Å². The number of hydrogen-bond donors (Lipinski definition) is 0. The van der Waals surface area contributed by atoms with Gasteiger partial charge in [-0.2, -0.15) is 16.8 Å². The molecule has 1 amide bonds. The van der Waals surface area contributed by atoms with Gasteiger partial charge in [0.15, 0.2) is 14.6 Å². The largest absolute Gasteiger partial charge is 0.316 e. The molecule has 28 heavy (non-hydrogen) atoms. The average Bonchev–Trinajstić information content (AvgIpc) is 3.02. The number of thioether (sulfide) groups is 1. The van der Waals surface area contributed by atoms with Crippen LogP contribution in [0.5, 0.6) is 0 Å². The lowest BCUT2D eigenvalue weighted by molar-refractivity contribution is 0.0997. The van der Waals surface area contributed by atoms with Gasteiger partial charge < -0.3 is 4.57 Å². The molecule has 1 heterocycles. The lowest BCUT2D eigenvalue weighted by atomic mass is 10.2. The lowest BCUT2D eigenvalue weighted by Crippen LogP contribution is -2.18. The number of halogens is 1. The highest BCUT2D eigenvalue weighted by Crippen LogP contribution is 2.22. The second kappa shape index (κ2) is 8.82. The highest BCUT2D eigenvalue weighted by molar-refractivity contribution is 7.98. The fourth-order valence-corrected chi connectivity index (χ4v) is 5.29. The Morgan fingerprint density at radius 2 is 2.04 bits per heavy atom. The molecule has 0 saturated heterocycles. The third-order valence-corrected chi connectivity index (χ3v) is 7.78. The summed E-state index contributed by atoms with van der Waals surface area (Å²) in [4.78, 5) is 17.7. The minimum Gasteiger partial charge on any atom is -0.316 e. The Kier molecular flexibility index (Phi) is 6.65. The molecule has 2 aromatic carbocycles. The fourth-order valence-electron chi connectivity index (χ4n) is 2.67. The molecule has 0 N–H and O–H groups in total. The average molecular weight is 455 g/mol. The van der Waals surface area contributed by atoms with Gasteiger partial charge in [-0.1, -0.05) is 35.9 Å². The Bertz CT molecular complexity index is 1200. The highest BCUT2D eigenvalue weighted by atomic mass is 35.5. The topological polar surface area (TPSA) is 68.5 Å². The monoisotopic (exact) mass is 454 g/mol. The van der Waals surface area contributed by atoms with Crippen molar-refractivity contribution < 1.29 is 13.2 Å². The second-order valence-electron chi connectivity index (χ2n) is 5.99. The summed E-state index contributed by atoms with van der Waals surface area (Å²) < 4.78 is 27.1. The number of carbonyl (C=O) groups excluding carboxylic acids is 1. The van der Waals surface area contributed by atoms with Crippen LogP contribution in [0, 0.1) is 0 Å². The van der Waals surface area contributed by atoms with Crippen molar-refractivity contribution in [2.75, 3.05) is 17.8 Å². The van der Waals surface area contributed by atoms with E-state index in [0.717, 1.165) is 16.0 Å². The molecule has 0 aliphatic carbocycles. The van der Waals surface area contributed by atoms with E-state index in [0.29, 0.717) is 16.4 Å². The Hall–Kier alpha value is -1.61. The molecular weight excluding hydrogens is 436 g/mol. The number of hydrogen-bond acceptors (Lipinski definition) is 5. The third-order valence-electron chi connectivity index (χ3n) is 4.18. The van der Waals surface area contributed by atoms with Crippen LogP contribution in [0.3, 0.4) is 0 Å². The number of sulfone groups is 1. The number of carbonyl (C=O) groups is 1. The summed E-state index contributed by atoms with van der Waals surface area (Å²) in [5.74, 6) is 0.386. The molecule has 0 aliphatic rings. The summed E-state index contributed by atoms with van der Waals surface area (Å²) in [6.07, 6.45) is 2.02. The van der Waals surface area contributed by atoms with Crippen molar-refractivity contribution in [3.63, 3.8) is 0 Å². The quantitative estimate of drug-likeness (QED) is 0.558. The zero-order valence-electron chi connectivity index (χ0n) is 15.4. The SMILES string of the molecule is CCS(=O)(=O)c1cccc(C(=O)N=c2sc3cc(Cl)ccc3n2CCSC)c1. The van der Waals surface area contributed by atoms with Crippen molar-refractivity contribution in [1.29, 1.82) is 0 Å². The molecular formula is C19H19ClN2O3S3. The van der Waals surface area contributed by atoms with Crippen LogP contribution in [0.25, 0.3) is 10.2 Å². The summed E-state index contributed by atoms with van der Waals surface area (Å²) in [6, 6.07) is 11.6. The van der Waals surface area contributed by atoms with Crippen LogP contribution < -0.4 is 4.80 Å². The van der Waals surface area contributed by atoms with Crippen molar-refractivity contribution in [1.82, 2.24) is 4.57 Å². The minimum absolute atomic E-state index is 0.0203. The standard InChI is InChI=1S/C19H19ClN2O3S3/c1-3-28(24,25)15-6-4-5-13(11-15)18(23)21-19-22(9-10-26-2)16-8-7-14(20)12-17(16)27-19/h4-8,11-12H,3,9-10H2,1-2H3. The van der Waals surface area contributed by atoms with Crippen LogP contribution in [0.2, 0.25) is 5.02 Å². The molecule has 0 radical (unpaired) electrons. The third kappa shape index (κ3) is 4.51. The Balaban J connectivity index is 2.09. The first-order chi connectivity index (χ1) is 13.4. The Morgan fingerprint density at radius 1 is 1.25 bits per heavy atom. The molecule has 5 nitrogen and oxygen atoms in total. The van der Waals surface area contributed by atoms with Gasteiger partial charge in [-0.15, -0.1) is 0 Å². The molecule has 0 aliphatic heterocycles. The normalized spacial score (nSPS) is 12.6. The summed E-state index contributed by atoms with van der Waals surface area (Å²) in [5.41, 5.74) is 1.22. The van der Waals surface area contributed by atoms with E-state index in [-0.39, 0.29) is 16.2 Å². The van der Waals surface area contributed by atoms with E-state index in [1.165, 1.54) is 23.5 Å².